The molecule has 1 heterocycles. The largest absolute Gasteiger partial charge is 0.416 e. The smallest absolute Gasteiger partial charge is 0.276 e. The minimum Gasteiger partial charge on any atom is -0.416 e. The van der Waals surface area contributed by atoms with Gasteiger partial charge in [-0.25, -0.2) is 0 Å². The molecule has 16 heavy (non-hydrogen) atoms. The van der Waals surface area contributed by atoms with Crippen molar-refractivity contribution in [3.63, 3.8) is 0 Å². The third-order valence-corrected chi connectivity index (χ3v) is 2.86. The summed E-state index contributed by atoms with van der Waals surface area (Å²) in [7, 11) is 0. The molecule has 0 saturated carbocycles. The third kappa shape index (κ3) is 6.12. The highest BCUT2D eigenvalue weighted by molar-refractivity contribution is 7.99. The summed E-state index contributed by atoms with van der Waals surface area (Å²) >= 11 is 1.63. The predicted molar refractivity (Wildman–Crippen MR) is 66.7 cm³/mol. The average Bonchev–Trinajstić information content (AvgIpc) is 2.56. The lowest BCUT2D eigenvalue weighted by Crippen LogP contribution is -2.36. The zero-order valence-electron chi connectivity index (χ0n) is 10.5. The van der Waals surface area contributed by atoms with Crippen molar-refractivity contribution < 1.29 is 4.42 Å². The Morgan fingerprint density at radius 2 is 2.00 bits per heavy atom. The highest BCUT2D eigenvalue weighted by Crippen LogP contribution is 2.16. The Kier molecular flexibility index (Phi) is 5.28. The number of nitrogens with zero attached hydrogens (tertiary/aromatic N) is 2. The summed E-state index contributed by atoms with van der Waals surface area (Å²) in [5, 5.41) is 11.9. The summed E-state index contributed by atoms with van der Waals surface area (Å²) in [6, 6.07) is 0. The normalized spacial score (nSPS) is 12.0. The standard InChI is InChI=1S/C11H21N3OS/c1-9-13-14-10(15-9)16-8-6-5-7-12-11(2,3)4/h12H,5-8H2,1-4H3. The van der Waals surface area contributed by atoms with Crippen molar-refractivity contribution in [1.29, 1.82) is 0 Å². The Morgan fingerprint density at radius 3 is 2.56 bits per heavy atom. The zero-order chi connectivity index (χ0) is 12.0. The van der Waals surface area contributed by atoms with Crippen LogP contribution in [0.5, 0.6) is 0 Å². The Labute approximate surface area is 102 Å². The van der Waals surface area contributed by atoms with Crippen LogP contribution in [0.25, 0.3) is 0 Å². The summed E-state index contributed by atoms with van der Waals surface area (Å²) in [5.74, 6) is 1.67. The van der Waals surface area contributed by atoms with Gasteiger partial charge in [0.2, 0.25) is 5.89 Å². The Hall–Kier alpha value is -0.550. The number of thioether (sulfide) groups is 1. The van der Waals surface area contributed by atoms with E-state index < -0.39 is 0 Å². The van der Waals surface area contributed by atoms with Crippen LogP contribution < -0.4 is 5.32 Å². The molecule has 1 rings (SSSR count). The van der Waals surface area contributed by atoms with Gasteiger partial charge in [0, 0.05) is 18.2 Å². The molecule has 0 fully saturated rings. The second-order valence-corrected chi connectivity index (χ2v) is 5.87. The van der Waals surface area contributed by atoms with E-state index in [4.69, 9.17) is 4.42 Å². The second-order valence-electron chi connectivity index (χ2n) is 4.82. The van der Waals surface area contributed by atoms with Gasteiger partial charge in [-0.3, -0.25) is 0 Å². The Bertz CT molecular complexity index is 306. The molecule has 0 aromatic carbocycles. The van der Waals surface area contributed by atoms with Crippen LogP contribution in [0.3, 0.4) is 0 Å². The van der Waals surface area contributed by atoms with E-state index in [9.17, 15) is 0 Å². The molecule has 0 unspecified atom stereocenters. The maximum absolute atomic E-state index is 5.27. The van der Waals surface area contributed by atoms with Crippen molar-refractivity contribution in [2.24, 2.45) is 0 Å². The molecule has 0 atom stereocenters. The fourth-order valence-electron chi connectivity index (χ4n) is 1.19. The van der Waals surface area contributed by atoms with Crippen molar-refractivity contribution >= 4 is 11.8 Å². The third-order valence-electron chi connectivity index (χ3n) is 1.96. The lowest BCUT2D eigenvalue weighted by Gasteiger charge is -2.20. The number of aryl methyl sites for hydroxylation is 1. The molecule has 0 aliphatic rings. The molecule has 0 spiro atoms. The van der Waals surface area contributed by atoms with Crippen molar-refractivity contribution in [2.45, 2.75) is 51.3 Å². The Balaban J connectivity index is 2.00. The van der Waals surface area contributed by atoms with Gasteiger partial charge in [-0.2, -0.15) is 0 Å². The SMILES string of the molecule is Cc1nnc(SCCCCNC(C)(C)C)o1. The van der Waals surface area contributed by atoms with E-state index in [1.165, 1.54) is 6.42 Å². The molecule has 1 aromatic rings. The first-order valence-corrected chi connectivity index (χ1v) is 6.64. The van der Waals surface area contributed by atoms with E-state index in [0.717, 1.165) is 18.7 Å². The van der Waals surface area contributed by atoms with Crippen LogP contribution in [-0.2, 0) is 0 Å². The highest BCUT2D eigenvalue weighted by Gasteiger charge is 2.07. The number of hydrogen-bond donors (Lipinski definition) is 1. The Morgan fingerprint density at radius 1 is 1.25 bits per heavy atom. The molecule has 0 bridgehead atoms. The number of rotatable bonds is 6. The number of aromatic nitrogens is 2. The van der Waals surface area contributed by atoms with Crippen LogP contribution >= 0.6 is 11.8 Å². The summed E-state index contributed by atoms with van der Waals surface area (Å²) < 4.78 is 5.27. The maximum atomic E-state index is 5.27. The topological polar surface area (TPSA) is 51.0 Å². The lowest BCUT2D eigenvalue weighted by molar-refractivity contribution is 0.420. The van der Waals surface area contributed by atoms with Crippen molar-refractivity contribution in [2.75, 3.05) is 12.3 Å². The van der Waals surface area contributed by atoms with E-state index in [1.54, 1.807) is 11.8 Å². The van der Waals surface area contributed by atoms with Gasteiger partial charge in [0.15, 0.2) is 0 Å². The molecule has 0 aliphatic carbocycles. The first-order chi connectivity index (χ1) is 7.47. The van der Waals surface area contributed by atoms with Gasteiger partial charge in [-0.15, -0.1) is 10.2 Å². The zero-order valence-corrected chi connectivity index (χ0v) is 11.4. The molecule has 0 amide bonds. The van der Waals surface area contributed by atoms with Gasteiger partial charge in [0.25, 0.3) is 5.22 Å². The second kappa shape index (κ2) is 6.25. The molecule has 0 aliphatic heterocycles. The van der Waals surface area contributed by atoms with Crippen LogP contribution in [0.2, 0.25) is 0 Å². The molecular formula is C11H21N3OS. The van der Waals surface area contributed by atoms with Gasteiger partial charge in [0.05, 0.1) is 0 Å². The van der Waals surface area contributed by atoms with Crippen LogP contribution in [0, 0.1) is 6.92 Å². The average molecular weight is 243 g/mol. The highest BCUT2D eigenvalue weighted by atomic mass is 32.2. The molecular weight excluding hydrogens is 222 g/mol. The van der Waals surface area contributed by atoms with Gasteiger partial charge >= 0.3 is 0 Å². The van der Waals surface area contributed by atoms with E-state index >= 15 is 0 Å². The van der Waals surface area contributed by atoms with Crippen LogP contribution in [-0.4, -0.2) is 28.0 Å². The molecule has 4 nitrogen and oxygen atoms in total. The lowest BCUT2D eigenvalue weighted by atomic mass is 10.1. The summed E-state index contributed by atoms with van der Waals surface area (Å²) in [5.41, 5.74) is 0.219. The molecule has 5 heteroatoms. The quantitative estimate of drug-likeness (QED) is 0.615. The summed E-state index contributed by atoms with van der Waals surface area (Å²) in [6.07, 6.45) is 2.34. The first kappa shape index (κ1) is 13.5. The summed E-state index contributed by atoms with van der Waals surface area (Å²) in [6.45, 7) is 9.42. The van der Waals surface area contributed by atoms with E-state index in [-0.39, 0.29) is 5.54 Å². The van der Waals surface area contributed by atoms with Gasteiger partial charge in [0.1, 0.15) is 0 Å². The fraction of sp³-hybridized carbons (Fsp3) is 0.818. The van der Waals surface area contributed by atoms with Crippen molar-refractivity contribution in [3.05, 3.63) is 5.89 Å². The fourth-order valence-corrected chi connectivity index (χ4v) is 1.99. The first-order valence-electron chi connectivity index (χ1n) is 5.65. The maximum Gasteiger partial charge on any atom is 0.276 e. The number of unbranched alkanes of at least 4 members (excludes halogenated alkanes) is 1. The monoisotopic (exact) mass is 243 g/mol. The van der Waals surface area contributed by atoms with Crippen LogP contribution in [0.15, 0.2) is 9.64 Å². The minimum atomic E-state index is 0.219. The van der Waals surface area contributed by atoms with Gasteiger partial charge < -0.3 is 9.73 Å². The molecule has 1 N–H and O–H groups in total. The van der Waals surface area contributed by atoms with E-state index in [0.29, 0.717) is 11.1 Å². The van der Waals surface area contributed by atoms with Gasteiger partial charge in [-0.05, 0) is 40.2 Å². The number of hydrogen-bond acceptors (Lipinski definition) is 5. The van der Waals surface area contributed by atoms with Crippen molar-refractivity contribution in [1.82, 2.24) is 15.5 Å². The molecule has 0 saturated heterocycles. The minimum absolute atomic E-state index is 0.219. The van der Waals surface area contributed by atoms with Crippen molar-refractivity contribution in [3.8, 4) is 0 Å². The molecule has 0 radical (unpaired) electrons. The molecule has 92 valence electrons. The van der Waals surface area contributed by atoms with E-state index in [2.05, 4.69) is 36.3 Å². The van der Waals surface area contributed by atoms with E-state index in [1.807, 2.05) is 6.92 Å². The molecule has 1 aromatic heterocycles. The van der Waals surface area contributed by atoms with Gasteiger partial charge in [-0.1, -0.05) is 11.8 Å². The summed E-state index contributed by atoms with van der Waals surface area (Å²) in [4.78, 5) is 0. The van der Waals surface area contributed by atoms with Crippen LogP contribution in [0.4, 0.5) is 0 Å². The van der Waals surface area contributed by atoms with Crippen LogP contribution in [0.1, 0.15) is 39.5 Å². The predicted octanol–water partition coefficient (Wildman–Crippen LogP) is 2.64. The number of nitrogens with one attached hydrogen (secondary N) is 1.